The van der Waals surface area contributed by atoms with Gasteiger partial charge in [-0.2, -0.15) is 0 Å². The smallest absolute Gasteiger partial charge is 0.315 e. The van der Waals surface area contributed by atoms with E-state index in [9.17, 15) is 9.59 Å². The minimum absolute atomic E-state index is 0.164. The van der Waals surface area contributed by atoms with Crippen molar-refractivity contribution in [2.24, 2.45) is 0 Å². The van der Waals surface area contributed by atoms with Gasteiger partial charge < -0.3 is 4.90 Å². The Morgan fingerprint density at radius 3 is 2.53 bits per heavy atom. The molecule has 1 saturated heterocycles. The molecule has 1 aliphatic heterocycles. The van der Waals surface area contributed by atoms with Crippen molar-refractivity contribution >= 4 is 28.4 Å². The molecule has 0 bridgehead atoms. The summed E-state index contributed by atoms with van der Waals surface area (Å²) in [5, 5.41) is 1.94. The molecular weight excluding hydrogens is 240 g/mol. The van der Waals surface area contributed by atoms with Crippen LogP contribution in [0.4, 0.5) is 10.5 Å². The van der Waals surface area contributed by atoms with Crippen molar-refractivity contribution in [3.8, 4) is 0 Å². The maximum atomic E-state index is 12.2. The van der Waals surface area contributed by atoms with Gasteiger partial charge in [-0.3, -0.25) is 4.79 Å². The topological polar surface area (TPSA) is 40.6 Å². The molecule has 3 rings (SSSR count). The number of nitrogens with zero attached hydrogens (tertiary/aromatic N) is 2. The molecule has 1 aliphatic rings. The van der Waals surface area contributed by atoms with Crippen LogP contribution < -0.4 is 4.90 Å². The molecule has 4 heteroatoms. The van der Waals surface area contributed by atoms with Crippen LogP contribution >= 0.6 is 0 Å². The van der Waals surface area contributed by atoms with Crippen LogP contribution in [-0.4, -0.2) is 29.9 Å². The van der Waals surface area contributed by atoms with Gasteiger partial charge in [0.1, 0.15) is 6.54 Å². The number of hydrogen-bond donors (Lipinski definition) is 0. The van der Waals surface area contributed by atoms with Gasteiger partial charge in [-0.1, -0.05) is 36.4 Å². The van der Waals surface area contributed by atoms with E-state index in [2.05, 4.69) is 0 Å². The Labute approximate surface area is 111 Å². The van der Waals surface area contributed by atoms with Gasteiger partial charge in [0.2, 0.25) is 0 Å². The number of carbonyl (C=O) groups excluding carboxylic acids is 2. The van der Waals surface area contributed by atoms with Crippen LogP contribution in [0.5, 0.6) is 0 Å². The predicted molar refractivity (Wildman–Crippen MR) is 74.1 cm³/mol. The highest BCUT2D eigenvalue weighted by molar-refractivity contribution is 6.22. The summed E-state index contributed by atoms with van der Waals surface area (Å²) in [5.41, 5.74) is 0.670. The summed E-state index contributed by atoms with van der Waals surface area (Å²) < 4.78 is 0. The number of rotatable bonds is 2. The molecule has 2 aromatic carbocycles. The number of anilines is 1. The first kappa shape index (κ1) is 11.7. The van der Waals surface area contributed by atoms with Crippen LogP contribution in [0.2, 0.25) is 0 Å². The number of imide groups is 1. The predicted octanol–water partition coefficient (Wildman–Crippen LogP) is 2.63. The molecule has 0 spiro atoms. The van der Waals surface area contributed by atoms with Gasteiger partial charge in [0.25, 0.3) is 5.91 Å². The first-order chi connectivity index (χ1) is 9.22. The number of amides is 3. The van der Waals surface area contributed by atoms with Crippen LogP contribution in [0.3, 0.4) is 0 Å². The van der Waals surface area contributed by atoms with Crippen molar-refractivity contribution < 1.29 is 9.59 Å². The maximum Gasteiger partial charge on any atom is 0.331 e. The molecule has 1 fully saturated rings. The second kappa shape index (κ2) is 4.39. The van der Waals surface area contributed by atoms with Crippen LogP contribution in [0.1, 0.15) is 6.92 Å². The van der Waals surface area contributed by atoms with E-state index in [1.54, 1.807) is 4.90 Å². The summed E-state index contributed by atoms with van der Waals surface area (Å²) in [4.78, 5) is 27.1. The Kier molecular flexibility index (Phi) is 2.71. The third-order valence-corrected chi connectivity index (χ3v) is 3.43. The number of carbonyl (C=O) groups is 2. The molecule has 0 unspecified atom stereocenters. The molecule has 1 heterocycles. The van der Waals surface area contributed by atoms with Crippen molar-refractivity contribution in [1.82, 2.24) is 4.90 Å². The van der Waals surface area contributed by atoms with Crippen molar-refractivity contribution in [2.75, 3.05) is 18.0 Å². The van der Waals surface area contributed by atoms with Crippen molar-refractivity contribution in [2.45, 2.75) is 6.92 Å². The summed E-state index contributed by atoms with van der Waals surface area (Å²) in [6.45, 7) is 2.59. The van der Waals surface area contributed by atoms with E-state index in [0.717, 1.165) is 10.8 Å². The number of urea groups is 1. The van der Waals surface area contributed by atoms with Gasteiger partial charge in [0.05, 0.1) is 5.69 Å². The average molecular weight is 254 g/mol. The fraction of sp³-hybridized carbons (Fsp3) is 0.200. The van der Waals surface area contributed by atoms with Gasteiger partial charge in [-0.25, -0.2) is 9.69 Å². The zero-order chi connectivity index (χ0) is 13.4. The Hall–Kier alpha value is -2.36. The molecular formula is C15H14N2O2. The highest BCUT2D eigenvalue weighted by atomic mass is 16.2. The van der Waals surface area contributed by atoms with Crippen LogP contribution in [-0.2, 0) is 4.79 Å². The third kappa shape index (κ3) is 1.76. The highest BCUT2D eigenvalue weighted by Crippen LogP contribution is 2.29. The van der Waals surface area contributed by atoms with Gasteiger partial charge in [0, 0.05) is 11.9 Å². The summed E-state index contributed by atoms with van der Waals surface area (Å²) in [5.74, 6) is -0.164. The van der Waals surface area contributed by atoms with E-state index < -0.39 is 0 Å². The molecule has 4 nitrogen and oxygen atoms in total. The Bertz CT molecular complexity index is 661. The lowest BCUT2D eigenvalue weighted by Gasteiger charge is -2.17. The van der Waals surface area contributed by atoms with Crippen LogP contribution in [0, 0.1) is 0 Å². The standard InChI is InChI=1S/C15H14N2O2/c1-2-16-10-14(18)17(15(16)19)13-9-5-7-11-6-3-4-8-12(11)13/h3-9H,2,10H2,1H3. The second-order valence-electron chi connectivity index (χ2n) is 4.52. The molecule has 0 aliphatic carbocycles. The average Bonchev–Trinajstić information content (AvgIpc) is 2.73. The van der Waals surface area contributed by atoms with E-state index in [-0.39, 0.29) is 18.5 Å². The SMILES string of the molecule is CCN1CC(=O)N(c2cccc3ccccc23)C1=O. The highest BCUT2D eigenvalue weighted by Gasteiger charge is 2.36. The molecule has 3 amide bonds. The number of hydrogen-bond acceptors (Lipinski definition) is 2. The number of fused-ring (bicyclic) bond motifs is 1. The van der Waals surface area contributed by atoms with E-state index in [1.165, 1.54) is 4.90 Å². The summed E-state index contributed by atoms with van der Waals surface area (Å²) >= 11 is 0. The van der Waals surface area contributed by atoms with Crippen molar-refractivity contribution in [1.29, 1.82) is 0 Å². The first-order valence-corrected chi connectivity index (χ1v) is 6.32. The lowest BCUT2D eigenvalue weighted by Crippen LogP contribution is -2.33. The first-order valence-electron chi connectivity index (χ1n) is 6.32. The van der Waals surface area contributed by atoms with Crippen molar-refractivity contribution in [3.63, 3.8) is 0 Å². The van der Waals surface area contributed by atoms with E-state index in [1.807, 2.05) is 49.4 Å². The Balaban J connectivity index is 2.15. The van der Waals surface area contributed by atoms with Gasteiger partial charge in [-0.15, -0.1) is 0 Å². The van der Waals surface area contributed by atoms with E-state index in [0.29, 0.717) is 12.2 Å². The maximum absolute atomic E-state index is 12.2. The third-order valence-electron chi connectivity index (χ3n) is 3.43. The lowest BCUT2D eigenvalue weighted by molar-refractivity contribution is -0.116. The number of benzene rings is 2. The molecule has 96 valence electrons. The monoisotopic (exact) mass is 254 g/mol. The zero-order valence-corrected chi connectivity index (χ0v) is 10.7. The second-order valence-corrected chi connectivity index (χ2v) is 4.52. The zero-order valence-electron chi connectivity index (χ0n) is 10.7. The quantitative estimate of drug-likeness (QED) is 0.773. The Morgan fingerprint density at radius 1 is 1.05 bits per heavy atom. The minimum Gasteiger partial charge on any atom is -0.315 e. The fourth-order valence-corrected chi connectivity index (χ4v) is 2.44. The van der Waals surface area contributed by atoms with Gasteiger partial charge in [-0.05, 0) is 18.4 Å². The normalized spacial score (nSPS) is 15.6. The van der Waals surface area contributed by atoms with Gasteiger partial charge in [0.15, 0.2) is 0 Å². The fourth-order valence-electron chi connectivity index (χ4n) is 2.44. The lowest BCUT2D eigenvalue weighted by atomic mass is 10.1. The van der Waals surface area contributed by atoms with Gasteiger partial charge >= 0.3 is 6.03 Å². The molecule has 0 radical (unpaired) electrons. The molecule has 19 heavy (non-hydrogen) atoms. The van der Waals surface area contributed by atoms with Crippen LogP contribution in [0.15, 0.2) is 42.5 Å². The molecule has 0 atom stereocenters. The summed E-state index contributed by atoms with van der Waals surface area (Å²) in [6, 6.07) is 13.2. The largest absolute Gasteiger partial charge is 0.331 e. The molecule has 2 aromatic rings. The van der Waals surface area contributed by atoms with Crippen LogP contribution in [0.25, 0.3) is 10.8 Å². The molecule has 0 aromatic heterocycles. The van der Waals surface area contributed by atoms with E-state index >= 15 is 0 Å². The molecule has 0 N–H and O–H groups in total. The summed E-state index contributed by atoms with van der Waals surface area (Å²) in [7, 11) is 0. The van der Waals surface area contributed by atoms with Crippen molar-refractivity contribution in [3.05, 3.63) is 42.5 Å². The Morgan fingerprint density at radius 2 is 1.79 bits per heavy atom. The number of likely N-dealkylation sites (N-methyl/N-ethyl adjacent to an activating group) is 1. The summed E-state index contributed by atoms with van der Waals surface area (Å²) in [6.07, 6.45) is 0. The van der Waals surface area contributed by atoms with E-state index in [4.69, 9.17) is 0 Å². The minimum atomic E-state index is -0.233. The molecule has 0 saturated carbocycles.